The summed E-state index contributed by atoms with van der Waals surface area (Å²) >= 11 is 3.34. The summed E-state index contributed by atoms with van der Waals surface area (Å²) in [4.78, 5) is 14.6. The molecule has 3 aromatic carbocycles. The second-order valence-electron chi connectivity index (χ2n) is 7.38. The number of aryl methyl sites for hydroxylation is 1. The van der Waals surface area contributed by atoms with Crippen molar-refractivity contribution >= 4 is 37.5 Å². The molecule has 0 spiro atoms. The first kappa shape index (κ1) is 23.8. The second-order valence-corrected chi connectivity index (χ2v) is 10.1. The second kappa shape index (κ2) is 10.2. The van der Waals surface area contributed by atoms with Gasteiger partial charge in [-0.05, 0) is 58.7 Å². The first-order valence-electron chi connectivity index (χ1n) is 9.93. The molecule has 6 nitrogen and oxygen atoms in total. The summed E-state index contributed by atoms with van der Waals surface area (Å²) in [6.45, 7) is 1.98. The van der Waals surface area contributed by atoms with E-state index in [4.69, 9.17) is 4.74 Å². The number of anilines is 1. The third-order valence-electron chi connectivity index (χ3n) is 5.00. The number of nitrogens with zero attached hydrogens (tertiary/aromatic N) is 2. The Morgan fingerprint density at radius 3 is 2.25 bits per heavy atom. The van der Waals surface area contributed by atoms with Crippen LogP contribution in [0.15, 0.2) is 82.2 Å². The lowest BCUT2D eigenvalue weighted by molar-refractivity contribution is -0.128. The van der Waals surface area contributed by atoms with E-state index in [-0.39, 0.29) is 17.3 Å². The zero-order valence-electron chi connectivity index (χ0n) is 18.2. The monoisotopic (exact) mass is 516 g/mol. The number of hydrogen-bond acceptors (Lipinski definition) is 4. The average molecular weight is 517 g/mol. The molecule has 0 unspecified atom stereocenters. The van der Waals surface area contributed by atoms with Crippen LogP contribution in [0.5, 0.6) is 5.75 Å². The molecule has 3 rings (SSSR count). The molecule has 32 heavy (non-hydrogen) atoms. The van der Waals surface area contributed by atoms with Crippen molar-refractivity contribution in [1.82, 2.24) is 4.90 Å². The molecule has 0 saturated carbocycles. The predicted molar refractivity (Wildman–Crippen MR) is 129 cm³/mol. The van der Waals surface area contributed by atoms with Crippen LogP contribution in [-0.4, -0.2) is 39.9 Å². The number of likely N-dealkylation sites (N-methyl/N-ethyl adjacent to an activating group) is 1. The highest BCUT2D eigenvalue weighted by Gasteiger charge is 2.29. The van der Waals surface area contributed by atoms with Gasteiger partial charge in [0, 0.05) is 13.6 Å². The fraction of sp³-hybridized carbons (Fsp3) is 0.208. The highest BCUT2D eigenvalue weighted by atomic mass is 79.9. The zero-order chi connectivity index (χ0) is 23.3. The van der Waals surface area contributed by atoms with E-state index in [0.717, 1.165) is 15.4 Å². The first-order chi connectivity index (χ1) is 15.2. The van der Waals surface area contributed by atoms with Crippen LogP contribution in [0.4, 0.5) is 5.69 Å². The van der Waals surface area contributed by atoms with E-state index in [9.17, 15) is 13.2 Å². The summed E-state index contributed by atoms with van der Waals surface area (Å²) in [6, 6.07) is 21.1. The topological polar surface area (TPSA) is 66.9 Å². The maximum absolute atomic E-state index is 13.6. The van der Waals surface area contributed by atoms with Crippen molar-refractivity contribution in [3.8, 4) is 5.75 Å². The number of ether oxygens (including phenoxy) is 1. The minimum atomic E-state index is -4.02. The summed E-state index contributed by atoms with van der Waals surface area (Å²) in [6.07, 6.45) is 0. The van der Waals surface area contributed by atoms with Crippen molar-refractivity contribution in [2.24, 2.45) is 0 Å². The van der Waals surface area contributed by atoms with Crippen LogP contribution in [0.25, 0.3) is 0 Å². The van der Waals surface area contributed by atoms with Crippen LogP contribution in [-0.2, 0) is 21.4 Å². The molecule has 168 valence electrons. The molecule has 3 aromatic rings. The lowest BCUT2D eigenvalue weighted by atomic mass is 10.2. The van der Waals surface area contributed by atoms with Gasteiger partial charge in [-0.3, -0.25) is 9.10 Å². The van der Waals surface area contributed by atoms with E-state index in [1.807, 2.05) is 49.4 Å². The van der Waals surface area contributed by atoms with E-state index in [1.54, 1.807) is 25.2 Å². The van der Waals surface area contributed by atoms with Crippen molar-refractivity contribution in [3.05, 3.63) is 88.4 Å². The van der Waals surface area contributed by atoms with E-state index in [1.165, 1.54) is 24.1 Å². The Morgan fingerprint density at radius 1 is 1.00 bits per heavy atom. The van der Waals surface area contributed by atoms with Crippen LogP contribution in [0, 0.1) is 6.92 Å². The number of carbonyl (C=O) groups excluding carboxylic acids is 1. The molecule has 0 N–H and O–H groups in total. The number of benzene rings is 3. The Bertz CT molecular complexity index is 1180. The van der Waals surface area contributed by atoms with E-state index >= 15 is 0 Å². The largest absolute Gasteiger partial charge is 0.496 e. The van der Waals surface area contributed by atoms with Crippen molar-refractivity contribution in [3.63, 3.8) is 0 Å². The molecular formula is C24H25BrN2O4S. The summed E-state index contributed by atoms with van der Waals surface area (Å²) in [5.74, 6) is 0.204. The Kier molecular flexibility index (Phi) is 7.58. The van der Waals surface area contributed by atoms with Gasteiger partial charge in [0.15, 0.2) is 0 Å². The van der Waals surface area contributed by atoms with Gasteiger partial charge in [-0.25, -0.2) is 8.42 Å². The van der Waals surface area contributed by atoms with Gasteiger partial charge in [0.2, 0.25) is 5.91 Å². The number of hydrogen-bond donors (Lipinski definition) is 0. The molecular weight excluding hydrogens is 492 g/mol. The highest BCUT2D eigenvalue weighted by Crippen LogP contribution is 2.31. The summed E-state index contributed by atoms with van der Waals surface area (Å²) in [5, 5.41) is 0. The van der Waals surface area contributed by atoms with Crippen LogP contribution in [0.3, 0.4) is 0 Å². The van der Waals surface area contributed by atoms with Crippen LogP contribution >= 0.6 is 15.9 Å². The number of carbonyl (C=O) groups is 1. The first-order valence-corrected chi connectivity index (χ1v) is 12.2. The standard InChI is InChI=1S/C24H25BrN2O4S/c1-18-9-11-20(12-10-18)27(17-24(28)26(2)16-19-7-5-4-6-8-19)32(29,30)21-13-14-23(31-3)22(25)15-21/h4-15H,16-17H2,1-3H3. The maximum Gasteiger partial charge on any atom is 0.264 e. The molecule has 0 fully saturated rings. The van der Waals surface area contributed by atoms with Gasteiger partial charge in [0.05, 0.1) is 22.2 Å². The molecule has 1 amide bonds. The lowest BCUT2D eigenvalue weighted by Crippen LogP contribution is -2.41. The van der Waals surface area contributed by atoms with Crippen molar-refractivity contribution < 1.29 is 17.9 Å². The van der Waals surface area contributed by atoms with Crippen LogP contribution in [0.1, 0.15) is 11.1 Å². The smallest absolute Gasteiger partial charge is 0.264 e. The Morgan fingerprint density at radius 2 is 1.66 bits per heavy atom. The number of methoxy groups -OCH3 is 1. The number of halogens is 1. The Labute approximate surface area is 197 Å². The maximum atomic E-state index is 13.6. The molecule has 0 bridgehead atoms. The van der Waals surface area contributed by atoms with Crippen molar-refractivity contribution in [2.75, 3.05) is 25.0 Å². The van der Waals surface area contributed by atoms with Gasteiger partial charge in [0.1, 0.15) is 12.3 Å². The molecule has 0 aliphatic rings. The molecule has 0 aliphatic heterocycles. The van der Waals surface area contributed by atoms with Gasteiger partial charge in [-0.15, -0.1) is 0 Å². The molecule has 0 saturated heterocycles. The van der Waals surface area contributed by atoms with Gasteiger partial charge in [0.25, 0.3) is 10.0 Å². The van der Waals surface area contributed by atoms with Crippen LogP contribution < -0.4 is 9.04 Å². The van der Waals surface area contributed by atoms with Gasteiger partial charge < -0.3 is 9.64 Å². The van der Waals surface area contributed by atoms with Crippen LogP contribution in [0.2, 0.25) is 0 Å². The van der Waals surface area contributed by atoms with E-state index in [2.05, 4.69) is 15.9 Å². The van der Waals surface area contributed by atoms with Gasteiger partial charge in [-0.2, -0.15) is 0 Å². The Hall–Kier alpha value is -2.84. The van der Waals surface area contributed by atoms with Crippen molar-refractivity contribution in [2.45, 2.75) is 18.4 Å². The molecule has 0 radical (unpaired) electrons. The average Bonchev–Trinajstić information content (AvgIpc) is 2.78. The summed E-state index contributed by atoms with van der Waals surface area (Å²) < 4.78 is 34.0. The number of sulfonamides is 1. The normalized spacial score (nSPS) is 11.1. The van der Waals surface area contributed by atoms with Crippen molar-refractivity contribution in [1.29, 1.82) is 0 Å². The third-order valence-corrected chi connectivity index (χ3v) is 7.39. The van der Waals surface area contributed by atoms with Gasteiger partial charge >= 0.3 is 0 Å². The predicted octanol–water partition coefficient (Wildman–Crippen LogP) is 4.62. The fourth-order valence-electron chi connectivity index (χ4n) is 3.15. The number of amides is 1. The molecule has 0 aromatic heterocycles. The zero-order valence-corrected chi connectivity index (χ0v) is 20.6. The highest BCUT2D eigenvalue weighted by molar-refractivity contribution is 9.10. The number of rotatable bonds is 8. The third kappa shape index (κ3) is 5.49. The lowest BCUT2D eigenvalue weighted by Gasteiger charge is -2.27. The molecule has 8 heteroatoms. The minimum Gasteiger partial charge on any atom is -0.496 e. The van der Waals surface area contributed by atoms with E-state index < -0.39 is 10.0 Å². The van der Waals surface area contributed by atoms with Gasteiger partial charge in [-0.1, -0.05) is 48.0 Å². The summed E-state index contributed by atoms with van der Waals surface area (Å²) in [5.41, 5.74) is 2.38. The Balaban J connectivity index is 1.94. The molecule has 0 aliphatic carbocycles. The fourth-order valence-corrected chi connectivity index (χ4v) is 5.28. The molecule has 0 heterocycles. The SMILES string of the molecule is COc1ccc(S(=O)(=O)N(CC(=O)N(C)Cc2ccccc2)c2ccc(C)cc2)cc1Br. The minimum absolute atomic E-state index is 0.0595. The quantitative estimate of drug-likeness (QED) is 0.438. The van der Waals surface area contributed by atoms with E-state index in [0.29, 0.717) is 22.5 Å². The summed E-state index contributed by atoms with van der Waals surface area (Å²) in [7, 11) is -0.842. The molecule has 0 atom stereocenters.